The van der Waals surface area contributed by atoms with Gasteiger partial charge in [-0.1, -0.05) is 18.6 Å². The van der Waals surface area contributed by atoms with Crippen LogP contribution in [0.4, 0.5) is 4.79 Å². The van der Waals surface area contributed by atoms with E-state index in [4.69, 9.17) is 11.2 Å². The van der Waals surface area contributed by atoms with E-state index in [1.54, 1.807) is 20.8 Å². The van der Waals surface area contributed by atoms with Crippen LogP contribution in [0, 0.1) is 12.5 Å². The highest BCUT2D eigenvalue weighted by Gasteiger charge is 2.36. The van der Waals surface area contributed by atoms with Crippen molar-refractivity contribution in [2.75, 3.05) is 12.0 Å². The van der Waals surface area contributed by atoms with Crippen molar-refractivity contribution in [3.63, 3.8) is 0 Å². The summed E-state index contributed by atoms with van der Waals surface area (Å²) in [7, 11) is 0. The van der Waals surface area contributed by atoms with Crippen LogP contribution in [0.15, 0.2) is 24.3 Å². The molecule has 0 fully saturated rings. The Kier molecular flexibility index (Phi) is 10.1. The normalized spacial score (nSPS) is 13.3. The molecule has 0 saturated carbocycles. The first-order valence-electron chi connectivity index (χ1n) is 10.6. The second kappa shape index (κ2) is 11.8. The molecule has 1 rings (SSSR count). The number of nitrogens with one attached hydrogen (secondary N) is 2. The van der Waals surface area contributed by atoms with E-state index in [1.165, 1.54) is 36.0 Å². The largest absolute Gasteiger partial charge is 0.508 e. The fourth-order valence-electron chi connectivity index (χ4n) is 2.89. The van der Waals surface area contributed by atoms with Crippen LogP contribution < -0.4 is 10.6 Å². The topological polar surface area (TPSA) is 108 Å². The molecule has 0 aromatic heterocycles. The molecule has 33 heavy (non-hydrogen) atoms. The van der Waals surface area contributed by atoms with Gasteiger partial charge in [0.2, 0.25) is 5.91 Å². The van der Waals surface area contributed by atoms with E-state index in [1.807, 2.05) is 27.0 Å². The zero-order valence-electron chi connectivity index (χ0n) is 20.4. The molecular weight excluding hydrogens is 442 g/mol. The van der Waals surface area contributed by atoms with Crippen molar-refractivity contribution in [2.24, 2.45) is 0 Å². The molecule has 3 N–H and O–H groups in total. The van der Waals surface area contributed by atoms with Crippen LogP contribution in [0.25, 0.3) is 0 Å². The van der Waals surface area contributed by atoms with Crippen LogP contribution in [0.3, 0.4) is 0 Å². The number of hydrogen-bond donors (Lipinski definition) is 3. The van der Waals surface area contributed by atoms with Gasteiger partial charge in [0.15, 0.2) is 0 Å². The lowest BCUT2D eigenvalue weighted by molar-refractivity contribution is -0.139. The predicted octanol–water partition coefficient (Wildman–Crippen LogP) is 3.41. The maximum atomic E-state index is 13.5. The molecular formula is C24H35N3O5S. The molecule has 0 bridgehead atoms. The van der Waals surface area contributed by atoms with Gasteiger partial charge in [0.1, 0.15) is 23.4 Å². The summed E-state index contributed by atoms with van der Waals surface area (Å²) >= 11 is 1.51. The Morgan fingerprint density at radius 1 is 1.15 bits per heavy atom. The number of amides is 3. The molecule has 1 aromatic carbocycles. The summed E-state index contributed by atoms with van der Waals surface area (Å²) in [5.41, 5.74) is -0.908. The number of ether oxygens (including phenoxy) is 1. The fourth-order valence-corrected chi connectivity index (χ4v) is 3.36. The zero-order valence-corrected chi connectivity index (χ0v) is 21.2. The fraction of sp³-hybridized carbons (Fsp3) is 0.542. The number of phenolic OH excluding ortho intramolecular Hbond substituents is 1. The Labute approximate surface area is 200 Å². The third-order valence-electron chi connectivity index (χ3n) is 4.19. The monoisotopic (exact) mass is 477 g/mol. The average molecular weight is 478 g/mol. The van der Waals surface area contributed by atoms with Gasteiger partial charge >= 0.3 is 6.09 Å². The van der Waals surface area contributed by atoms with Gasteiger partial charge in [-0.25, -0.2) is 4.79 Å². The molecule has 0 aliphatic carbocycles. The van der Waals surface area contributed by atoms with Crippen molar-refractivity contribution >= 4 is 29.7 Å². The van der Waals surface area contributed by atoms with Crippen molar-refractivity contribution in [1.82, 2.24) is 15.5 Å². The van der Waals surface area contributed by atoms with Crippen LogP contribution in [0.5, 0.6) is 5.75 Å². The molecule has 9 heteroatoms. The van der Waals surface area contributed by atoms with E-state index in [0.29, 0.717) is 17.7 Å². The van der Waals surface area contributed by atoms with Gasteiger partial charge in [0, 0.05) is 11.6 Å². The third-order valence-corrected chi connectivity index (χ3v) is 4.83. The summed E-state index contributed by atoms with van der Waals surface area (Å²) in [6.07, 6.45) is 7.14. The summed E-state index contributed by atoms with van der Waals surface area (Å²) in [6.45, 7) is 10.6. The molecule has 2 atom stereocenters. The number of hydrogen-bond acceptors (Lipinski definition) is 6. The van der Waals surface area contributed by atoms with Gasteiger partial charge < -0.3 is 20.5 Å². The van der Waals surface area contributed by atoms with Crippen LogP contribution in [-0.2, 0) is 14.3 Å². The van der Waals surface area contributed by atoms with Gasteiger partial charge in [-0.3, -0.25) is 14.5 Å². The van der Waals surface area contributed by atoms with E-state index in [9.17, 15) is 19.5 Å². The first-order valence-corrected chi connectivity index (χ1v) is 12.0. The zero-order chi connectivity index (χ0) is 25.4. The number of thioether (sulfide) groups is 1. The quantitative estimate of drug-likeness (QED) is 0.391. The van der Waals surface area contributed by atoms with Crippen LogP contribution in [0.2, 0.25) is 0 Å². The Morgan fingerprint density at radius 2 is 1.73 bits per heavy atom. The summed E-state index contributed by atoms with van der Waals surface area (Å²) in [6, 6.07) is 6.04. The third kappa shape index (κ3) is 9.66. The Hall–Kier alpha value is -2.86. The molecule has 0 radical (unpaired) electrons. The van der Waals surface area contributed by atoms with E-state index < -0.39 is 41.1 Å². The first-order chi connectivity index (χ1) is 15.2. The highest BCUT2D eigenvalue weighted by molar-refractivity contribution is 7.98. The molecule has 8 nitrogen and oxygen atoms in total. The number of rotatable bonds is 8. The SMILES string of the molecule is C#CN(C(=O)C(CCSC)NC(=O)OC(C)(C)C)C(C(=O)NC(C)(C)C)c1ccc(O)cc1. The van der Waals surface area contributed by atoms with E-state index in [-0.39, 0.29) is 5.75 Å². The highest BCUT2D eigenvalue weighted by atomic mass is 32.2. The molecule has 0 heterocycles. The minimum absolute atomic E-state index is 0.0109. The minimum Gasteiger partial charge on any atom is -0.508 e. The highest BCUT2D eigenvalue weighted by Crippen LogP contribution is 2.25. The molecule has 0 spiro atoms. The average Bonchev–Trinajstić information content (AvgIpc) is 2.66. The van der Waals surface area contributed by atoms with E-state index in [0.717, 1.165) is 4.90 Å². The molecule has 1 aromatic rings. The first kappa shape index (κ1) is 28.2. The van der Waals surface area contributed by atoms with E-state index >= 15 is 0 Å². The number of terminal acetylenes is 1. The Balaban J connectivity index is 3.35. The van der Waals surface area contributed by atoms with Gasteiger partial charge in [-0.05, 0) is 77.7 Å². The van der Waals surface area contributed by atoms with Crippen LogP contribution >= 0.6 is 11.8 Å². The molecule has 182 valence electrons. The minimum atomic E-state index is -1.17. The maximum Gasteiger partial charge on any atom is 0.408 e. The lowest BCUT2D eigenvalue weighted by Crippen LogP contribution is -2.53. The van der Waals surface area contributed by atoms with Crippen molar-refractivity contribution in [3.05, 3.63) is 29.8 Å². The second-order valence-corrected chi connectivity index (χ2v) is 10.5. The molecule has 0 aliphatic rings. The smallest absolute Gasteiger partial charge is 0.408 e. The Morgan fingerprint density at radius 3 is 2.18 bits per heavy atom. The summed E-state index contributed by atoms with van der Waals surface area (Å²) < 4.78 is 5.30. The summed E-state index contributed by atoms with van der Waals surface area (Å²) in [5, 5.41) is 15.1. The molecule has 0 aliphatic heterocycles. The number of aromatic hydroxyl groups is 1. The van der Waals surface area contributed by atoms with Gasteiger partial charge in [-0.15, -0.1) is 0 Å². The number of benzene rings is 1. The van der Waals surface area contributed by atoms with Crippen molar-refractivity contribution in [2.45, 2.75) is 71.2 Å². The van der Waals surface area contributed by atoms with Gasteiger partial charge in [0.05, 0.1) is 0 Å². The van der Waals surface area contributed by atoms with Crippen LogP contribution in [0.1, 0.15) is 59.6 Å². The van der Waals surface area contributed by atoms with E-state index in [2.05, 4.69) is 16.7 Å². The molecule has 2 unspecified atom stereocenters. The van der Waals surface area contributed by atoms with Gasteiger partial charge in [0.25, 0.3) is 5.91 Å². The Bertz CT molecular complexity index is 866. The molecule has 3 amide bonds. The maximum absolute atomic E-state index is 13.5. The lowest BCUT2D eigenvalue weighted by atomic mass is 10.0. The van der Waals surface area contributed by atoms with Crippen molar-refractivity contribution < 1.29 is 24.2 Å². The van der Waals surface area contributed by atoms with Gasteiger partial charge in [-0.2, -0.15) is 11.8 Å². The standard InChI is InChI=1S/C24H35N3O5S/c1-9-27(21(30)18(14-15-33-8)25-22(31)32-24(5,6)7)19(20(29)26-23(2,3)4)16-10-12-17(28)13-11-16/h1,10-13,18-19,28H,14-15H2,2-8H3,(H,25,31)(H,26,29). The van der Waals surface area contributed by atoms with Crippen molar-refractivity contribution in [1.29, 1.82) is 0 Å². The molecule has 0 saturated heterocycles. The summed E-state index contributed by atoms with van der Waals surface area (Å²) in [4.78, 5) is 40.1. The number of phenols is 1. The van der Waals surface area contributed by atoms with Crippen LogP contribution in [-0.4, -0.2) is 57.1 Å². The predicted molar refractivity (Wildman–Crippen MR) is 131 cm³/mol. The second-order valence-electron chi connectivity index (χ2n) is 9.55. The summed E-state index contributed by atoms with van der Waals surface area (Å²) in [5.74, 6) is -0.514. The number of carbonyl (C=O) groups is 3. The van der Waals surface area contributed by atoms with Crippen molar-refractivity contribution in [3.8, 4) is 18.2 Å². The lowest BCUT2D eigenvalue weighted by Gasteiger charge is -2.32. The number of carbonyl (C=O) groups excluding carboxylic acids is 3. The number of nitrogens with zero attached hydrogens (tertiary/aromatic N) is 1. The number of alkyl carbamates (subject to hydrolysis) is 1.